The van der Waals surface area contributed by atoms with Gasteiger partial charge in [0.05, 0.1) is 5.56 Å². The molecule has 0 aliphatic heterocycles. The molecular weight excluding hydrogens is 266 g/mol. The molecule has 0 bridgehead atoms. The van der Waals surface area contributed by atoms with Crippen molar-refractivity contribution in [3.63, 3.8) is 0 Å². The van der Waals surface area contributed by atoms with E-state index in [0.29, 0.717) is 0 Å². The smallest absolute Gasteiger partial charge is 0.248 e. The van der Waals surface area contributed by atoms with Gasteiger partial charge >= 0.3 is 0 Å². The van der Waals surface area contributed by atoms with Crippen molar-refractivity contribution in [2.75, 3.05) is 16.1 Å². The fraction of sp³-hybridized carbons (Fsp3) is 0.250. The molecular formula is C8H9N3O4S2. The zero-order valence-electron chi connectivity index (χ0n) is 8.78. The van der Waals surface area contributed by atoms with Crippen LogP contribution >= 0.6 is 0 Å². The lowest BCUT2D eigenvalue weighted by Crippen LogP contribution is -2.22. The van der Waals surface area contributed by atoms with Crippen LogP contribution in [0.2, 0.25) is 0 Å². The second-order valence-corrected chi connectivity index (χ2v) is 7.53. The summed E-state index contributed by atoms with van der Waals surface area (Å²) >= 11 is 0. The van der Waals surface area contributed by atoms with Crippen LogP contribution in [0.4, 0.5) is 5.82 Å². The number of nitrogens with one attached hydrogen (secondary N) is 1. The average molecular weight is 275 g/mol. The van der Waals surface area contributed by atoms with Crippen LogP contribution < -0.4 is 4.72 Å². The zero-order valence-corrected chi connectivity index (χ0v) is 10.4. The maximum absolute atomic E-state index is 11.4. The third kappa shape index (κ3) is 4.80. The number of sulfonamides is 1. The lowest BCUT2D eigenvalue weighted by molar-refractivity contribution is 0.595. The lowest BCUT2D eigenvalue weighted by Gasteiger charge is -2.05. The molecule has 1 aromatic rings. The first-order valence-corrected chi connectivity index (χ1v) is 7.97. The normalized spacial score (nSPS) is 11.8. The highest BCUT2D eigenvalue weighted by Gasteiger charge is 2.18. The second-order valence-electron chi connectivity index (χ2n) is 3.30. The van der Waals surface area contributed by atoms with Crippen LogP contribution in [-0.4, -0.2) is 33.2 Å². The van der Waals surface area contributed by atoms with E-state index in [1.165, 1.54) is 18.3 Å². The molecule has 0 spiro atoms. The van der Waals surface area contributed by atoms with E-state index >= 15 is 0 Å². The number of rotatable bonds is 4. The SMILES string of the molecule is CS(=O)(=O)CS(=O)(=O)Nc1ccc(C#N)cn1. The van der Waals surface area contributed by atoms with E-state index in [2.05, 4.69) is 4.98 Å². The first-order valence-electron chi connectivity index (χ1n) is 4.26. The number of sulfone groups is 1. The minimum Gasteiger partial charge on any atom is -0.266 e. The molecule has 0 unspecified atom stereocenters. The third-order valence-electron chi connectivity index (χ3n) is 1.52. The standard InChI is InChI=1S/C8H9N3O4S2/c1-16(12,13)6-17(14,15)11-8-3-2-7(4-9)5-10-8/h2-3,5H,6H2,1H3,(H,10,11). The van der Waals surface area contributed by atoms with Gasteiger partial charge in [-0.05, 0) is 12.1 Å². The summed E-state index contributed by atoms with van der Waals surface area (Å²) in [5, 5.41) is 7.49. The molecule has 0 radical (unpaired) electrons. The molecule has 0 saturated carbocycles. The van der Waals surface area contributed by atoms with E-state index in [9.17, 15) is 16.8 Å². The van der Waals surface area contributed by atoms with Gasteiger partial charge in [0.15, 0.2) is 14.9 Å². The Kier molecular flexibility index (Phi) is 3.69. The zero-order chi connectivity index (χ0) is 13.1. The molecule has 1 aromatic heterocycles. The number of aromatic nitrogens is 1. The highest BCUT2D eigenvalue weighted by Crippen LogP contribution is 2.07. The van der Waals surface area contributed by atoms with Gasteiger partial charge in [0.25, 0.3) is 0 Å². The van der Waals surface area contributed by atoms with Gasteiger partial charge in [0.2, 0.25) is 10.0 Å². The van der Waals surface area contributed by atoms with Gasteiger partial charge in [0.1, 0.15) is 11.9 Å². The quantitative estimate of drug-likeness (QED) is 0.806. The Hall–Kier alpha value is -1.66. The van der Waals surface area contributed by atoms with Gasteiger partial charge in [-0.2, -0.15) is 5.26 Å². The Bertz CT molecular complexity index is 641. The number of pyridine rings is 1. The molecule has 0 aliphatic carbocycles. The van der Waals surface area contributed by atoms with Gasteiger partial charge in [0, 0.05) is 12.5 Å². The molecule has 0 saturated heterocycles. The van der Waals surface area contributed by atoms with E-state index < -0.39 is 24.9 Å². The van der Waals surface area contributed by atoms with Gasteiger partial charge in [-0.3, -0.25) is 4.72 Å². The Morgan fingerprint density at radius 3 is 2.41 bits per heavy atom. The van der Waals surface area contributed by atoms with Crippen molar-refractivity contribution < 1.29 is 16.8 Å². The van der Waals surface area contributed by atoms with Gasteiger partial charge < -0.3 is 0 Å². The first-order chi connectivity index (χ1) is 7.72. The van der Waals surface area contributed by atoms with Crippen LogP contribution in [0.25, 0.3) is 0 Å². The highest BCUT2D eigenvalue weighted by atomic mass is 32.3. The van der Waals surface area contributed by atoms with Gasteiger partial charge in [-0.25, -0.2) is 21.8 Å². The summed E-state index contributed by atoms with van der Waals surface area (Å²) in [4.78, 5) is 3.66. The molecule has 17 heavy (non-hydrogen) atoms. The van der Waals surface area contributed by atoms with E-state index in [0.717, 1.165) is 6.26 Å². The maximum atomic E-state index is 11.4. The largest absolute Gasteiger partial charge is 0.266 e. The molecule has 0 aromatic carbocycles. The molecule has 0 aliphatic rings. The van der Waals surface area contributed by atoms with E-state index in [1.807, 2.05) is 10.8 Å². The van der Waals surface area contributed by atoms with Crippen LogP contribution in [0, 0.1) is 11.3 Å². The second kappa shape index (κ2) is 4.68. The van der Waals surface area contributed by atoms with Crippen molar-refractivity contribution in [2.45, 2.75) is 0 Å². The van der Waals surface area contributed by atoms with Crippen LogP contribution in [0.1, 0.15) is 5.56 Å². The van der Waals surface area contributed by atoms with Crippen molar-refractivity contribution >= 4 is 25.7 Å². The minimum atomic E-state index is -4.00. The summed E-state index contributed by atoms with van der Waals surface area (Å²) in [5.74, 6) is -0.0346. The number of nitriles is 1. The van der Waals surface area contributed by atoms with Crippen molar-refractivity contribution in [2.24, 2.45) is 0 Å². The maximum Gasteiger partial charge on any atom is 0.248 e. The lowest BCUT2D eigenvalue weighted by atomic mass is 10.3. The van der Waals surface area contributed by atoms with Gasteiger partial charge in [-0.1, -0.05) is 0 Å². The highest BCUT2D eigenvalue weighted by molar-refractivity contribution is 8.08. The Morgan fingerprint density at radius 2 is 2.00 bits per heavy atom. The van der Waals surface area contributed by atoms with Crippen molar-refractivity contribution in [1.82, 2.24) is 4.98 Å². The number of anilines is 1. The summed E-state index contributed by atoms with van der Waals surface area (Å²) in [5.41, 5.74) is 0.274. The topological polar surface area (TPSA) is 117 Å². The summed E-state index contributed by atoms with van der Waals surface area (Å²) < 4.78 is 46.5. The van der Waals surface area contributed by atoms with Crippen molar-refractivity contribution in [3.8, 4) is 6.07 Å². The van der Waals surface area contributed by atoms with Crippen molar-refractivity contribution in [1.29, 1.82) is 5.26 Å². The molecule has 0 fully saturated rings. The molecule has 9 heteroatoms. The number of hydrogen-bond acceptors (Lipinski definition) is 6. The summed E-state index contributed by atoms with van der Waals surface area (Å²) in [6, 6.07) is 4.46. The molecule has 1 heterocycles. The number of hydrogen-bond donors (Lipinski definition) is 1. The van der Waals surface area contributed by atoms with E-state index in [-0.39, 0.29) is 11.4 Å². The Morgan fingerprint density at radius 1 is 1.35 bits per heavy atom. The average Bonchev–Trinajstić information content (AvgIpc) is 2.14. The summed E-state index contributed by atoms with van der Waals surface area (Å²) in [7, 11) is -7.64. The summed E-state index contributed by atoms with van der Waals surface area (Å²) in [6.45, 7) is 0. The van der Waals surface area contributed by atoms with E-state index in [1.54, 1.807) is 0 Å². The Labute approximate surface area is 99.1 Å². The van der Waals surface area contributed by atoms with Crippen molar-refractivity contribution in [3.05, 3.63) is 23.9 Å². The fourth-order valence-corrected chi connectivity index (χ4v) is 3.92. The van der Waals surface area contributed by atoms with Crippen LogP contribution in [0.5, 0.6) is 0 Å². The predicted molar refractivity (Wildman–Crippen MR) is 61.2 cm³/mol. The van der Waals surface area contributed by atoms with Crippen LogP contribution in [0.3, 0.4) is 0 Å². The molecule has 7 nitrogen and oxygen atoms in total. The Balaban J connectivity index is 2.88. The number of nitrogens with zero attached hydrogens (tertiary/aromatic N) is 2. The third-order valence-corrected chi connectivity index (χ3v) is 5.00. The molecule has 0 amide bonds. The van der Waals surface area contributed by atoms with E-state index in [4.69, 9.17) is 5.26 Å². The molecule has 1 rings (SSSR count). The molecule has 0 atom stereocenters. The minimum absolute atomic E-state index is 0.0346. The first kappa shape index (κ1) is 13.4. The predicted octanol–water partition coefficient (Wildman–Crippen LogP) is -0.303. The van der Waals surface area contributed by atoms with Crippen LogP contribution in [-0.2, 0) is 19.9 Å². The van der Waals surface area contributed by atoms with Crippen LogP contribution in [0.15, 0.2) is 18.3 Å². The summed E-state index contributed by atoms with van der Waals surface area (Å²) in [6.07, 6.45) is 2.00. The molecule has 1 N–H and O–H groups in total. The van der Waals surface area contributed by atoms with Gasteiger partial charge in [-0.15, -0.1) is 0 Å². The molecule has 92 valence electrons. The fourth-order valence-electron chi connectivity index (χ4n) is 0.991. The monoisotopic (exact) mass is 275 g/mol.